The Morgan fingerprint density at radius 3 is 2.56 bits per heavy atom. The van der Waals surface area contributed by atoms with Crippen LogP contribution in [0.25, 0.3) is 11.0 Å². The Labute approximate surface area is 159 Å². The van der Waals surface area contributed by atoms with Crippen LogP contribution in [-0.2, 0) is 9.53 Å². The number of hydrogen-bond donors (Lipinski definition) is 3. The van der Waals surface area contributed by atoms with Crippen molar-refractivity contribution in [2.24, 2.45) is 0 Å². The minimum Gasteiger partial charge on any atom is -0.497 e. The first kappa shape index (κ1) is 18.6. The number of methoxy groups -OCH3 is 1. The van der Waals surface area contributed by atoms with Gasteiger partial charge in [-0.1, -0.05) is 0 Å². The van der Waals surface area contributed by atoms with Crippen LogP contribution < -0.4 is 15.7 Å². The Balaban J connectivity index is 1.65. The van der Waals surface area contributed by atoms with E-state index in [1.807, 2.05) is 0 Å². The van der Waals surface area contributed by atoms with Gasteiger partial charge >= 0.3 is 11.7 Å². The van der Waals surface area contributed by atoms with Crippen molar-refractivity contribution in [2.75, 3.05) is 19.0 Å². The summed E-state index contributed by atoms with van der Waals surface area (Å²) in [6.45, 7) is -0.613. The van der Waals surface area contributed by atoms with Crippen molar-refractivity contribution in [1.29, 1.82) is 0 Å². The van der Waals surface area contributed by atoms with Crippen molar-refractivity contribution in [3.8, 4) is 5.75 Å². The van der Waals surface area contributed by atoms with E-state index >= 15 is 0 Å². The van der Waals surface area contributed by atoms with Gasteiger partial charge in [-0.15, -0.1) is 0 Å². The molecule has 1 aromatic heterocycles. The molecule has 140 valence electrons. The summed E-state index contributed by atoms with van der Waals surface area (Å²) >= 11 is 3.28. The van der Waals surface area contributed by atoms with Crippen molar-refractivity contribution in [1.82, 2.24) is 9.97 Å². The van der Waals surface area contributed by atoms with Gasteiger partial charge in [0.25, 0.3) is 5.91 Å². The average Bonchev–Trinajstić information content (AvgIpc) is 2.98. The summed E-state index contributed by atoms with van der Waals surface area (Å²) < 4.78 is 24.1. The highest BCUT2D eigenvalue weighted by molar-refractivity contribution is 9.10. The topological polar surface area (TPSA) is 113 Å². The number of esters is 1. The predicted molar refractivity (Wildman–Crippen MR) is 98.5 cm³/mol. The van der Waals surface area contributed by atoms with Crippen LogP contribution in [0.3, 0.4) is 0 Å². The molecule has 0 aliphatic carbocycles. The molecular formula is C17H13BrFN3O5. The Kier molecular flexibility index (Phi) is 5.26. The van der Waals surface area contributed by atoms with Gasteiger partial charge in [0.2, 0.25) is 0 Å². The molecule has 0 radical (unpaired) electrons. The second kappa shape index (κ2) is 7.62. The van der Waals surface area contributed by atoms with E-state index in [1.165, 1.54) is 19.2 Å². The fourth-order valence-corrected chi connectivity index (χ4v) is 2.78. The number of hydrogen-bond acceptors (Lipinski definition) is 5. The third-order valence-electron chi connectivity index (χ3n) is 3.61. The number of aromatic nitrogens is 2. The molecular weight excluding hydrogens is 425 g/mol. The molecule has 0 aliphatic heterocycles. The maximum absolute atomic E-state index is 13.8. The molecule has 1 heterocycles. The fourth-order valence-electron chi connectivity index (χ4n) is 2.34. The molecule has 2 aromatic carbocycles. The summed E-state index contributed by atoms with van der Waals surface area (Å²) in [7, 11) is 1.37. The van der Waals surface area contributed by atoms with E-state index in [2.05, 4.69) is 31.2 Å². The van der Waals surface area contributed by atoms with Gasteiger partial charge in [-0.3, -0.25) is 4.79 Å². The Hall–Kier alpha value is -3.14. The summed E-state index contributed by atoms with van der Waals surface area (Å²) in [5.74, 6) is -2.17. The molecule has 0 bridgehead atoms. The lowest BCUT2D eigenvalue weighted by molar-refractivity contribution is -0.119. The molecule has 0 atom stereocenters. The van der Waals surface area contributed by atoms with Gasteiger partial charge in [0, 0.05) is 10.5 Å². The van der Waals surface area contributed by atoms with Crippen LogP contribution in [0.15, 0.2) is 39.6 Å². The van der Waals surface area contributed by atoms with Crippen molar-refractivity contribution >= 4 is 44.5 Å². The minimum atomic E-state index is -0.977. The molecule has 8 nitrogen and oxygen atoms in total. The lowest BCUT2D eigenvalue weighted by atomic mass is 10.2. The normalized spacial score (nSPS) is 10.6. The first-order valence-electron chi connectivity index (χ1n) is 7.59. The number of ether oxygens (including phenoxy) is 2. The number of anilines is 1. The van der Waals surface area contributed by atoms with E-state index in [0.717, 1.165) is 6.07 Å². The number of halogens is 2. The Morgan fingerprint density at radius 1 is 1.19 bits per heavy atom. The van der Waals surface area contributed by atoms with Crippen LogP contribution in [0, 0.1) is 5.82 Å². The van der Waals surface area contributed by atoms with Gasteiger partial charge in [0.1, 0.15) is 11.6 Å². The SMILES string of the molecule is COc1ccc(C(=O)OCC(=O)Nc2cc3[nH]c(=O)[nH]c3cc2Br)c(F)c1. The highest BCUT2D eigenvalue weighted by Crippen LogP contribution is 2.26. The Bertz CT molecular complexity index is 1090. The quantitative estimate of drug-likeness (QED) is 0.530. The van der Waals surface area contributed by atoms with Crippen LogP contribution >= 0.6 is 15.9 Å². The zero-order valence-corrected chi connectivity index (χ0v) is 15.5. The molecule has 1 amide bonds. The van der Waals surface area contributed by atoms with Crippen molar-refractivity contribution in [3.63, 3.8) is 0 Å². The highest BCUT2D eigenvalue weighted by Gasteiger charge is 2.16. The van der Waals surface area contributed by atoms with Crippen LogP contribution in [0.4, 0.5) is 10.1 Å². The maximum atomic E-state index is 13.8. The van der Waals surface area contributed by atoms with Crippen LogP contribution in [0.5, 0.6) is 5.75 Å². The molecule has 27 heavy (non-hydrogen) atoms. The van der Waals surface area contributed by atoms with E-state index in [4.69, 9.17) is 9.47 Å². The third kappa shape index (κ3) is 4.17. The number of nitrogens with one attached hydrogen (secondary N) is 3. The number of carbonyl (C=O) groups is 2. The second-order valence-electron chi connectivity index (χ2n) is 5.43. The number of carbonyl (C=O) groups excluding carboxylic acids is 2. The first-order chi connectivity index (χ1) is 12.9. The largest absolute Gasteiger partial charge is 0.497 e. The number of rotatable bonds is 5. The molecule has 0 spiro atoms. The second-order valence-corrected chi connectivity index (χ2v) is 6.28. The minimum absolute atomic E-state index is 0.254. The molecule has 0 fully saturated rings. The number of amides is 1. The number of H-pyrrole nitrogens is 2. The lowest BCUT2D eigenvalue weighted by Crippen LogP contribution is -2.21. The van der Waals surface area contributed by atoms with Crippen LogP contribution in [-0.4, -0.2) is 35.6 Å². The first-order valence-corrected chi connectivity index (χ1v) is 8.38. The van der Waals surface area contributed by atoms with Crippen molar-refractivity contribution in [3.05, 3.63) is 56.7 Å². The molecule has 10 heteroatoms. The number of fused-ring (bicyclic) bond motifs is 1. The summed E-state index contributed by atoms with van der Waals surface area (Å²) in [5, 5.41) is 2.54. The van der Waals surface area contributed by atoms with Gasteiger partial charge in [-0.25, -0.2) is 14.0 Å². The molecule has 3 N–H and O–H groups in total. The summed E-state index contributed by atoms with van der Waals surface area (Å²) in [4.78, 5) is 40.4. The molecule has 3 rings (SSSR count). The van der Waals surface area contributed by atoms with Crippen LogP contribution in [0.2, 0.25) is 0 Å². The number of aromatic amines is 2. The van der Waals surface area contributed by atoms with E-state index in [1.54, 1.807) is 12.1 Å². The van der Waals surface area contributed by atoms with Gasteiger partial charge in [-0.2, -0.15) is 0 Å². The van der Waals surface area contributed by atoms with Gasteiger partial charge in [0.05, 0.1) is 29.4 Å². The summed E-state index contributed by atoms with van der Waals surface area (Å²) in [6.07, 6.45) is 0. The molecule has 0 unspecified atom stereocenters. The zero-order valence-electron chi connectivity index (χ0n) is 13.9. The maximum Gasteiger partial charge on any atom is 0.341 e. The van der Waals surface area contributed by atoms with Gasteiger partial charge in [0.15, 0.2) is 6.61 Å². The van der Waals surface area contributed by atoms with Gasteiger partial charge < -0.3 is 24.8 Å². The summed E-state index contributed by atoms with van der Waals surface area (Å²) in [5.41, 5.74) is 0.739. The highest BCUT2D eigenvalue weighted by atomic mass is 79.9. The van der Waals surface area contributed by atoms with E-state index in [9.17, 15) is 18.8 Å². The Morgan fingerprint density at radius 2 is 1.89 bits per heavy atom. The van der Waals surface area contributed by atoms with Crippen molar-refractivity contribution < 1.29 is 23.5 Å². The molecule has 3 aromatic rings. The molecule has 0 saturated heterocycles. The monoisotopic (exact) mass is 437 g/mol. The van der Waals surface area contributed by atoms with E-state index < -0.39 is 24.3 Å². The van der Waals surface area contributed by atoms with Crippen LogP contribution in [0.1, 0.15) is 10.4 Å². The fraction of sp³-hybridized carbons (Fsp3) is 0.118. The van der Waals surface area contributed by atoms with E-state index in [-0.39, 0.29) is 17.0 Å². The smallest absolute Gasteiger partial charge is 0.341 e. The average molecular weight is 438 g/mol. The zero-order chi connectivity index (χ0) is 19.6. The lowest BCUT2D eigenvalue weighted by Gasteiger charge is -2.09. The number of benzene rings is 2. The number of imidazole rings is 1. The van der Waals surface area contributed by atoms with Gasteiger partial charge in [-0.05, 0) is 40.2 Å². The predicted octanol–water partition coefficient (Wildman–Crippen LogP) is 2.56. The van der Waals surface area contributed by atoms with E-state index in [0.29, 0.717) is 21.2 Å². The standard InChI is InChI=1S/C17H13BrFN3O5/c1-26-8-2-3-9(11(19)4-8)16(24)27-7-15(23)20-12-6-14-13(5-10(12)18)21-17(25)22-14/h2-6H,7H2,1H3,(H,20,23)(H2,21,22,25). The summed E-state index contributed by atoms with van der Waals surface area (Å²) in [6, 6.07) is 6.81. The molecule has 0 aliphatic rings. The molecule has 0 saturated carbocycles. The third-order valence-corrected chi connectivity index (χ3v) is 4.26. The van der Waals surface area contributed by atoms with Crippen molar-refractivity contribution in [2.45, 2.75) is 0 Å².